The lowest BCUT2D eigenvalue weighted by atomic mass is 9.81. The van der Waals surface area contributed by atoms with Crippen LogP contribution in [0.2, 0.25) is 0 Å². The number of fused-ring (bicyclic) bond motifs is 4. The van der Waals surface area contributed by atoms with E-state index in [0.717, 1.165) is 50.1 Å². The third-order valence-corrected chi connectivity index (χ3v) is 11.4. The van der Waals surface area contributed by atoms with E-state index in [2.05, 4.69) is 158 Å². The summed E-state index contributed by atoms with van der Waals surface area (Å²) in [5.41, 5.74) is 15.8. The molecule has 0 spiro atoms. The molecule has 1 aliphatic carbocycles. The third kappa shape index (κ3) is 5.81. The van der Waals surface area contributed by atoms with Gasteiger partial charge in [-0.3, -0.25) is 0 Å². The molecule has 56 heavy (non-hydrogen) atoms. The molecule has 0 aromatic heterocycles. The summed E-state index contributed by atoms with van der Waals surface area (Å²) in [4.78, 5) is 2.23. The first-order valence-electron chi connectivity index (χ1n) is 21.6. The van der Waals surface area contributed by atoms with Gasteiger partial charge in [0.2, 0.25) is 0 Å². The number of anilines is 3. The second-order valence-electron chi connectivity index (χ2n) is 15.0. The molecule has 9 aromatic carbocycles. The van der Waals surface area contributed by atoms with Gasteiger partial charge in [-0.1, -0.05) is 190 Å². The summed E-state index contributed by atoms with van der Waals surface area (Å²) in [5, 5.41) is 2.19. The predicted octanol–water partition coefficient (Wildman–Crippen LogP) is 15.3. The van der Waals surface area contributed by atoms with Gasteiger partial charge in [-0.15, -0.1) is 0 Å². The number of hydrogen-bond donors (Lipinski definition) is 0. The van der Waals surface area contributed by atoms with Gasteiger partial charge in [0.05, 0.1) is 12.5 Å². The lowest BCUT2D eigenvalue weighted by Crippen LogP contribution is -2.14. The molecule has 9 aromatic rings. The van der Waals surface area contributed by atoms with Crippen LogP contribution in [0.5, 0.6) is 0 Å². The van der Waals surface area contributed by atoms with Crippen molar-refractivity contribution in [1.82, 2.24) is 0 Å². The Morgan fingerprint density at radius 2 is 0.893 bits per heavy atom. The number of nitrogens with zero attached hydrogens (tertiary/aromatic N) is 1. The smallest absolute Gasteiger partial charge is 0.0629 e. The number of hydrogen-bond acceptors (Lipinski definition) is 1. The minimum Gasteiger partial charge on any atom is -0.310 e. The van der Waals surface area contributed by atoms with E-state index in [9.17, 15) is 0 Å². The van der Waals surface area contributed by atoms with Gasteiger partial charge in [0.25, 0.3) is 0 Å². The van der Waals surface area contributed by atoms with Gasteiger partial charge in [0.15, 0.2) is 0 Å². The van der Waals surface area contributed by atoms with E-state index >= 15 is 0 Å². The molecule has 1 nitrogen and oxygen atoms in total. The Morgan fingerprint density at radius 1 is 0.375 bits per heavy atom. The Labute approximate surface area is 336 Å². The molecule has 0 N–H and O–H groups in total. The van der Waals surface area contributed by atoms with E-state index in [-0.39, 0.29) is 35.1 Å². The molecule has 0 unspecified atom stereocenters. The summed E-state index contributed by atoms with van der Waals surface area (Å²) in [5.74, 6) is 0. The fraction of sp³-hybridized carbons (Fsp3) is 0.0545. The van der Waals surface area contributed by atoms with Gasteiger partial charge in [0.1, 0.15) is 0 Å². The van der Waals surface area contributed by atoms with E-state index in [1.54, 1.807) is 0 Å². The zero-order valence-electron chi connectivity index (χ0n) is 36.3. The van der Waals surface area contributed by atoms with E-state index in [1.807, 2.05) is 42.5 Å². The van der Waals surface area contributed by atoms with Crippen molar-refractivity contribution in [2.45, 2.75) is 19.3 Å². The van der Waals surface area contributed by atoms with Gasteiger partial charge >= 0.3 is 0 Å². The highest BCUT2D eigenvalue weighted by molar-refractivity contribution is 6.06. The molecule has 10 rings (SSSR count). The molecule has 0 bridgehead atoms. The van der Waals surface area contributed by atoms with E-state index in [1.165, 1.54) is 33.4 Å². The van der Waals surface area contributed by atoms with Gasteiger partial charge < -0.3 is 4.90 Å². The predicted molar refractivity (Wildman–Crippen MR) is 238 cm³/mol. The van der Waals surface area contributed by atoms with Gasteiger partial charge in [0, 0.05) is 22.2 Å². The lowest BCUT2D eigenvalue weighted by Gasteiger charge is -2.27. The van der Waals surface area contributed by atoms with Gasteiger partial charge in [-0.05, 0) is 109 Å². The van der Waals surface area contributed by atoms with Crippen LogP contribution in [0.1, 0.15) is 31.8 Å². The summed E-state index contributed by atoms with van der Waals surface area (Å²) in [6.45, 7) is 4.64. The quantitative estimate of drug-likeness (QED) is 0.158. The molecule has 266 valence electrons. The zero-order chi connectivity index (χ0) is 42.0. The molecule has 0 amide bonds. The molecule has 0 aliphatic heterocycles. The van der Waals surface area contributed by atoms with Crippen molar-refractivity contribution in [2.24, 2.45) is 0 Å². The van der Waals surface area contributed by atoms with Crippen LogP contribution in [-0.4, -0.2) is 0 Å². The van der Waals surface area contributed by atoms with Crippen molar-refractivity contribution in [2.75, 3.05) is 4.90 Å². The normalized spacial score (nSPS) is 13.9. The van der Waals surface area contributed by atoms with Crippen LogP contribution in [-0.2, 0) is 5.41 Å². The number of rotatable bonds is 7. The minimum absolute atomic E-state index is 0.0628. The van der Waals surface area contributed by atoms with E-state index < -0.39 is 6.04 Å². The van der Waals surface area contributed by atoms with Crippen LogP contribution in [0.25, 0.3) is 66.4 Å². The molecular weight excluding hydrogens is 675 g/mol. The summed E-state index contributed by atoms with van der Waals surface area (Å²) < 4.78 is 41.8. The van der Waals surface area contributed by atoms with Crippen LogP contribution in [0.3, 0.4) is 0 Å². The SMILES string of the molecule is [2H]c1c([2H])c([2H])c(-c2ccc(N(c3ccc(-c4ccccc4)cc3)c3cccc4c(-c5ccc(-c6ccc7c(c6)C(C)(C)c6ccccc6-7)cc5)cccc34)cc2)c([2H])c1[2H]. The van der Waals surface area contributed by atoms with Gasteiger partial charge in [-0.25, -0.2) is 0 Å². The Morgan fingerprint density at radius 3 is 1.62 bits per heavy atom. The Balaban J connectivity index is 1.05. The van der Waals surface area contributed by atoms with Crippen molar-refractivity contribution in [3.05, 3.63) is 223 Å². The van der Waals surface area contributed by atoms with Crippen molar-refractivity contribution >= 4 is 27.8 Å². The zero-order valence-corrected chi connectivity index (χ0v) is 31.3. The summed E-state index contributed by atoms with van der Waals surface area (Å²) >= 11 is 0. The lowest BCUT2D eigenvalue weighted by molar-refractivity contribution is 0.660. The largest absolute Gasteiger partial charge is 0.310 e. The Kier molecular flexibility index (Phi) is 6.97. The van der Waals surface area contributed by atoms with Crippen LogP contribution in [0.15, 0.2) is 212 Å². The van der Waals surface area contributed by atoms with E-state index in [0.29, 0.717) is 5.56 Å². The maximum Gasteiger partial charge on any atom is 0.0629 e. The Bertz CT molecular complexity index is 3110. The summed E-state index contributed by atoms with van der Waals surface area (Å²) in [7, 11) is 0. The van der Waals surface area contributed by atoms with Crippen LogP contribution < -0.4 is 4.90 Å². The first-order chi connectivity index (χ1) is 29.6. The topological polar surface area (TPSA) is 3.24 Å². The molecule has 0 saturated carbocycles. The van der Waals surface area contributed by atoms with Gasteiger partial charge in [-0.2, -0.15) is 0 Å². The maximum atomic E-state index is 8.59. The number of benzene rings is 9. The van der Waals surface area contributed by atoms with Crippen molar-refractivity contribution in [3.8, 4) is 55.6 Å². The van der Waals surface area contributed by atoms with Crippen molar-refractivity contribution in [1.29, 1.82) is 0 Å². The van der Waals surface area contributed by atoms with Crippen LogP contribution in [0.4, 0.5) is 17.1 Å². The fourth-order valence-electron chi connectivity index (χ4n) is 8.50. The highest BCUT2D eigenvalue weighted by Gasteiger charge is 2.35. The molecule has 1 aliphatic rings. The Hall–Kier alpha value is -6.96. The standard InChI is InChI=1S/C55H41N/c1-55(2)52-21-10-9-17-49(52)50-36-31-44(37-53(50)55)42-23-25-43(26-24-42)47-18-11-20-51-48(47)19-12-22-54(51)56(45-32-27-40(28-33-45)38-13-5-3-6-14-38)46-34-29-41(30-35-46)39-15-7-4-8-16-39/h3-37H,1-2H3/i3D,5D,6D,13D,14D. The highest BCUT2D eigenvalue weighted by atomic mass is 15.1. The second kappa shape index (κ2) is 13.7. The third-order valence-electron chi connectivity index (χ3n) is 11.4. The molecule has 0 saturated heterocycles. The molecule has 0 fully saturated rings. The minimum atomic E-state index is -0.401. The molecular formula is C55H41N. The van der Waals surface area contributed by atoms with Crippen molar-refractivity contribution < 1.29 is 6.85 Å². The summed E-state index contributed by atoms with van der Waals surface area (Å²) in [6, 6.07) is 62.4. The first kappa shape index (κ1) is 28.5. The average Bonchev–Trinajstić information content (AvgIpc) is 3.54. The monoisotopic (exact) mass is 720 g/mol. The summed E-state index contributed by atoms with van der Waals surface area (Å²) in [6.07, 6.45) is 0. The fourth-order valence-corrected chi connectivity index (χ4v) is 8.50. The first-order valence-corrected chi connectivity index (χ1v) is 19.1. The molecule has 0 atom stereocenters. The molecule has 1 heteroatoms. The second-order valence-corrected chi connectivity index (χ2v) is 15.0. The molecule has 0 heterocycles. The van der Waals surface area contributed by atoms with Crippen LogP contribution in [0, 0.1) is 0 Å². The van der Waals surface area contributed by atoms with E-state index in [4.69, 9.17) is 6.85 Å². The van der Waals surface area contributed by atoms with Crippen molar-refractivity contribution in [3.63, 3.8) is 0 Å². The molecule has 0 radical (unpaired) electrons. The average molecular weight is 721 g/mol. The highest BCUT2D eigenvalue weighted by Crippen LogP contribution is 2.50. The maximum absolute atomic E-state index is 8.59. The van der Waals surface area contributed by atoms with Crippen LogP contribution >= 0.6 is 0 Å².